The van der Waals surface area contributed by atoms with Gasteiger partial charge in [-0.15, -0.1) is 0 Å². The minimum atomic E-state index is -0.619. The Morgan fingerprint density at radius 3 is 2.59 bits per heavy atom. The van der Waals surface area contributed by atoms with Gasteiger partial charge >= 0.3 is 0 Å². The van der Waals surface area contributed by atoms with Crippen molar-refractivity contribution in [3.05, 3.63) is 47.8 Å². The number of nitrogens with zero attached hydrogens (tertiary/aromatic N) is 4. The summed E-state index contributed by atoms with van der Waals surface area (Å²) in [6.07, 6.45) is 6.65. The van der Waals surface area contributed by atoms with Gasteiger partial charge in [0.2, 0.25) is 5.91 Å². The third kappa shape index (κ3) is 4.07. The number of carbonyl (C=O) groups excluding carboxylic acids is 2. The lowest BCUT2D eigenvalue weighted by molar-refractivity contribution is -0.132. The topological polar surface area (TPSA) is 75.6 Å². The van der Waals surface area contributed by atoms with E-state index in [-0.39, 0.29) is 11.8 Å². The Hall–Kier alpha value is -2.61. The number of hydrogen-bond donors (Lipinski definition) is 0. The second kappa shape index (κ2) is 8.02. The van der Waals surface area contributed by atoms with Crippen LogP contribution in [0.15, 0.2) is 41.8 Å². The first kappa shape index (κ1) is 19.7. The van der Waals surface area contributed by atoms with Crippen molar-refractivity contribution in [3.63, 3.8) is 0 Å². The van der Waals surface area contributed by atoms with Crippen molar-refractivity contribution in [1.29, 1.82) is 0 Å². The molecule has 2 aromatic rings. The quantitative estimate of drug-likeness (QED) is 0.558. The van der Waals surface area contributed by atoms with E-state index in [2.05, 4.69) is 9.97 Å². The van der Waals surface area contributed by atoms with Gasteiger partial charge in [-0.25, -0.2) is 9.97 Å². The minimum absolute atomic E-state index is 0.00850. The molecule has 8 heteroatoms. The molecule has 1 aromatic carbocycles. The summed E-state index contributed by atoms with van der Waals surface area (Å²) in [5, 5.41) is 0.637. The predicted octanol–water partition coefficient (Wildman–Crippen LogP) is 2.61. The summed E-state index contributed by atoms with van der Waals surface area (Å²) in [5.41, 5.74) is 0.841. The maximum absolute atomic E-state index is 13.1. The van der Waals surface area contributed by atoms with Gasteiger partial charge in [0.15, 0.2) is 5.16 Å². The van der Waals surface area contributed by atoms with Crippen molar-refractivity contribution < 1.29 is 14.3 Å². The standard InChI is InChI=1S/C21H24N4O3S/c1-15(26)25-12-16-6-3-4-7-18(16)28-21(14-25)8-5-9-24(13-21)19(27)17-10-22-20(29-2)23-11-17/h3-4,6-7,10-11H,5,8-9,12-14H2,1-2H3/t21-/m1/s1. The number of hydrogen-bond acceptors (Lipinski definition) is 6. The Balaban J connectivity index is 1.61. The van der Waals surface area contributed by atoms with Crippen LogP contribution in [0.25, 0.3) is 0 Å². The summed E-state index contributed by atoms with van der Waals surface area (Å²) >= 11 is 1.44. The van der Waals surface area contributed by atoms with Gasteiger partial charge in [0.1, 0.15) is 11.4 Å². The average molecular weight is 413 g/mol. The number of amides is 2. The number of aromatic nitrogens is 2. The lowest BCUT2D eigenvalue weighted by atomic mass is 9.91. The highest BCUT2D eigenvalue weighted by atomic mass is 32.2. The molecule has 2 amide bonds. The van der Waals surface area contributed by atoms with E-state index >= 15 is 0 Å². The van der Waals surface area contributed by atoms with Gasteiger partial charge in [0, 0.05) is 38.0 Å². The summed E-state index contributed by atoms with van der Waals surface area (Å²) in [7, 11) is 0. The molecule has 152 valence electrons. The number of likely N-dealkylation sites (tertiary alicyclic amines) is 1. The fraction of sp³-hybridized carbons (Fsp3) is 0.429. The molecule has 2 aliphatic heterocycles. The Bertz CT molecular complexity index is 920. The number of benzene rings is 1. The Morgan fingerprint density at radius 1 is 1.14 bits per heavy atom. The van der Waals surface area contributed by atoms with Gasteiger partial charge in [-0.1, -0.05) is 30.0 Å². The number of piperidine rings is 1. The molecule has 0 unspecified atom stereocenters. The van der Waals surface area contributed by atoms with Crippen molar-refractivity contribution in [2.24, 2.45) is 0 Å². The second-order valence-corrected chi connectivity index (χ2v) is 8.33. The summed E-state index contributed by atoms with van der Waals surface area (Å²) < 4.78 is 6.50. The first-order valence-electron chi connectivity index (χ1n) is 9.67. The normalized spacial score (nSPS) is 21.3. The highest BCUT2D eigenvalue weighted by Gasteiger charge is 2.43. The molecule has 1 spiro atoms. The van der Waals surface area contributed by atoms with E-state index in [1.807, 2.05) is 35.4 Å². The summed E-state index contributed by atoms with van der Waals surface area (Å²) in [4.78, 5) is 37.4. The Kier molecular flexibility index (Phi) is 5.45. The van der Waals surface area contributed by atoms with Gasteiger partial charge in [0.05, 0.1) is 18.7 Å². The lowest BCUT2D eigenvalue weighted by Gasteiger charge is -2.43. The second-order valence-electron chi connectivity index (χ2n) is 7.56. The van der Waals surface area contributed by atoms with E-state index in [1.54, 1.807) is 24.2 Å². The van der Waals surface area contributed by atoms with Crippen molar-refractivity contribution in [2.45, 2.75) is 37.1 Å². The molecular formula is C21H24N4O3S. The third-order valence-corrected chi connectivity index (χ3v) is 6.04. The van der Waals surface area contributed by atoms with Crippen LogP contribution in [0.5, 0.6) is 5.75 Å². The molecule has 0 N–H and O–H groups in total. The summed E-state index contributed by atoms with van der Waals surface area (Å²) in [6.45, 7) is 3.63. The maximum atomic E-state index is 13.1. The highest BCUT2D eigenvalue weighted by Crippen LogP contribution is 2.35. The Morgan fingerprint density at radius 2 is 1.86 bits per heavy atom. The largest absolute Gasteiger partial charge is 0.483 e. The third-order valence-electron chi connectivity index (χ3n) is 5.47. The molecule has 0 saturated carbocycles. The van der Waals surface area contributed by atoms with Crippen LogP contribution in [0.4, 0.5) is 0 Å². The van der Waals surface area contributed by atoms with E-state index < -0.39 is 5.60 Å². The van der Waals surface area contributed by atoms with Crippen molar-refractivity contribution in [3.8, 4) is 5.75 Å². The molecule has 1 aromatic heterocycles. The van der Waals surface area contributed by atoms with Crippen LogP contribution < -0.4 is 4.74 Å². The molecule has 1 saturated heterocycles. The van der Waals surface area contributed by atoms with Gasteiger partial charge in [0.25, 0.3) is 5.91 Å². The Labute approximate surface area is 174 Å². The molecule has 29 heavy (non-hydrogen) atoms. The van der Waals surface area contributed by atoms with E-state index in [1.165, 1.54) is 11.8 Å². The fourth-order valence-electron chi connectivity index (χ4n) is 4.03. The van der Waals surface area contributed by atoms with Gasteiger partial charge < -0.3 is 14.5 Å². The fourth-order valence-corrected chi connectivity index (χ4v) is 4.35. The minimum Gasteiger partial charge on any atom is -0.483 e. The number of ether oxygens (including phenoxy) is 1. The van der Waals surface area contributed by atoms with Crippen LogP contribution in [0.3, 0.4) is 0 Å². The number of fused-ring (bicyclic) bond motifs is 1. The van der Waals surface area contributed by atoms with E-state index in [4.69, 9.17) is 4.74 Å². The molecule has 0 bridgehead atoms. The van der Waals surface area contributed by atoms with Crippen LogP contribution in [0, 0.1) is 0 Å². The van der Waals surface area contributed by atoms with Crippen LogP contribution in [-0.4, -0.2) is 63.1 Å². The van der Waals surface area contributed by atoms with Crippen LogP contribution in [-0.2, 0) is 11.3 Å². The average Bonchev–Trinajstić information content (AvgIpc) is 2.90. The van der Waals surface area contributed by atoms with Crippen LogP contribution >= 0.6 is 11.8 Å². The molecular weight excluding hydrogens is 388 g/mol. The smallest absolute Gasteiger partial charge is 0.257 e. The number of rotatable bonds is 2. The number of carbonyl (C=O) groups is 2. The zero-order chi connectivity index (χ0) is 20.4. The molecule has 1 atom stereocenters. The van der Waals surface area contributed by atoms with Gasteiger partial charge in [-0.2, -0.15) is 0 Å². The zero-order valence-electron chi connectivity index (χ0n) is 16.6. The lowest BCUT2D eigenvalue weighted by Crippen LogP contribution is -2.58. The van der Waals surface area contributed by atoms with E-state index in [0.29, 0.717) is 36.9 Å². The molecule has 0 radical (unpaired) electrons. The molecule has 1 fully saturated rings. The van der Waals surface area contributed by atoms with Crippen LogP contribution in [0.2, 0.25) is 0 Å². The summed E-state index contributed by atoms with van der Waals surface area (Å²) in [5.74, 6) is 0.694. The van der Waals surface area contributed by atoms with E-state index in [0.717, 1.165) is 24.2 Å². The van der Waals surface area contributed by atoms with Gasteiger partial charge in [-0.05, 0) is 25.2 Å². The van der Waals surface area contributed by atoms with Crippen molar-refractivity contribution in [1.82, 2.24) is 19.8 Å². The van der Waals surface area contributed by atoms with Gasteiger partial charge in [-0.3, -0.25) is 9.59 Å². The molecule has 7 nitrogen and oxygen atoms in total. The first-order valence-corrected chi connectivity index (χ1v) is 10.9. The summed E-state index contributed by atoms with van der Waals surface area (Å²) in [6, 6.07) is 7.82. The monoisotopic (exact) mass is 412 g/mol. The highest BCUT2D eigenvalue weighted by molar-refractivity contribution is 7.98. The van der Waals surface area contributed by atoms with Crippen molar-refractivity contribution >= 4 is 23.6 Å². The zero-order valence-corrected chi connectivity index (χ0v) is 17.4. The molecule has 4 rings (SSSR count). The molecule has 3 heterocycles. The predicted molar refractivity (Wildman–Crippen MR) is 110 cm³/mol. The number of thioether (sulfide) groups is 1. The van der Waals surface area contributed by atoms with E-state index in [9.17, 15) is 9.59 Å². The molecule has 2 aliphatic rings. The van der Waals surface area contributed by atoms with Crippen molar-refractivity contribution in [2.75, 3.05) is 25.9 Å². The number of para-hydroxylation sites is 1. The SMILES string of the molecule is CSc1ncc(C(=O)N2CCC[C@]3(CN(C(C)=O)Cc4ccccc4O3)C2)cn1. The molecule has 0 aliphatic carbocycles. The van der Waals surface area contributed by atoms with Crippen LogP contribution in [0.1, 0.15) is 35.7 Å². The first-order chi connectivity index (χ1) is 14.0. The maximum Gasteiger partial charge on any atom is 0.257 e.